The first-order chi connectivity index (χ1) is 9.74. The molecule has 0 amide bonds. The van der Waals surface area contributed by atoms with Crippen molar-refractivity contribution >= 4 is 0 Å². The molecule has 1 saturated heterocycles. The molecule has 2 rings (SSSR count). The molecular formula is C17H28N2O. The Kier molecular flexibility index (Phi) is 6.51. The van der Waals surface area contributed by atoms with Crippen molar-refractivity contribution in [2.45, 2.75) is 31.7 Å². The maximum absolute atomic E-state index is 6.25. The average molecular weight is 276 g/mol. The lowest BCUT2D eigenvalue weighted by Gasteiger charge is -2.28. The van der Waals surface area contributed by atoms with E-state index < -0.39 is 0 Å². The molecule has 0 aromatic heterocycles. The number of hydrogen-bond acceptors (Lipinski definition) is 3. The summed E-state index contributed by atoms with van der Waals surface area (Å²) in [6, 6.07) is 10.9. The number of aryl methyl sites for hydroxylation is 1. The Labute approximate surface area is 123 Å². The first-order valence-electron chi connectivity index (χ1n) is 7.80. The molecule has 0 bridgehead atoms. The summed E-state index contributed by atoms with van der Waals surface area (Å²) in [5.74, 6) is 0.690. The molecule has 112 valence electrons. The first-order valence-corrected chi connectivity index (χ1v) is 7.80. The second-order valence-electron chi connectivity index (χ2n) is 6.09. The van der Waals surface area contributed by atoms with Gasteiger partial charge in [-0.2, -0.15) is 0 Å². The average Bonchev–Trinajstić information content (AvgIpc) is 2.47. The van der Waals surface area contributed by atoms with Crippen molar-refractivity contribution in [2.24, 2.45) is 11.7 Å². The Morgan fingerprint density at radius 2 is 2.15 bits per heavy atom. The fraction of sp³-hybridized carbons (Fsp3) is 0.647. The molecule has 2 unspecified atom stereocenters. The highest BCUT2D eigenvalue weighted by atomic mass is 16.5. The highest BCUT2D eigenvalue weighted by Crippen LogP contribution is 2.14. The smallest absolute Gasteiger partial charge is 0.0506 e. The van der Waals surface area contributed by atoms with Gasteiger partial charge in [-0.1, -0.05) is 30.3 Å². The van der Waals surface area contributed by atoms with Crippen LogP contribution in [0.15, 0.2) is 30.3 Å². The van der Waals surface area contributed by atoms with E-state index in [4.69, 9.17) is 10.5 Å². The van der Waals surface area contributed by atoms with Crippen LogP contribution in [-0.4, -0.2) is 44.3 Å². The van der Waals surface area contributed by atoms with E-state index in [0.717, 1.165) is 39.1 Å². The molecule has 3 nitrogen and oxygen atoms in total. The Morgan fingerprint density at radius 1 is 1.35 bits per heavy atom. The second kappa shape index (κ2) is 8.40. The zero-order valence-corrected chi connectivity index (χ0v) is 12.6. The van der Waals surface area contributed by atoms with Gasteiger partial charge in [0, 0.05) is 25.7 Å². The third kappa shape index (κ3) is 5.61. The van der Waals surface area contributed by atoms with Crippen molar-refractivity contribution in [1.29, 1.82) is 0 Å². The Morgan fingerprint density at radius 3 is 2.85 bits per heavy atom. The quantitative estimate of drug-likeness (QED) is 0.830. The zero-order valence-electron chi connectivity index (χ0n) is 12.6. The Bertz CT molecular complexity index is 363. The van der Waals surface area contributed by atoms with Crippen molar-refractivity contribution in [3.8, 4) is 0 Å². The van der Waals surface area contributed by atoms with Gasteiger partial charge in [0.1, 0.15) is 0 Å². The fourth-order valence-electron chi connectivity index (χ4n) is 2.96. The van der Waals surface area contributed by atoms with Gasteiger partial charge >= 0.3 is 0 Å². The van der Waals surface area contributed by atoms with Gasteiger partial charge in [0.2, 0.25) is 0 Å². The van der Waals surface area contributed by atoms with Gasteiger partial charge in [-0.15, -0.1) is 0 Å². The van der Waals surface area contributed by atoms with E-state index in [-0.39, 0.29) is 6.04 Å². The number of benzene rings is 1. The van der Waals surface area contributed by atoms with E-state index in [1.54, 1.807) is 0 Å². The number of hydrogen-bond donors (Lipinski definition) is 1. The summed E-state index contributed by atoms with van der Waals surface area (Å²) in [5.41, 5.74) is 7.64. The normalized spacial score (nSPS) is 21.1. The van der Waals surface area contributed by atoms with E-state index in [0.29, 0.717) is 5.92 Å². The van der Waals surface area contributed by atoms with Crippen LogP contribution >= 0.6 is 0 Å². The van der Waals surface area contributed by atoms with Crippen LogP contribution in [0.5, 0.6) is 0 Å². The number of nitrogens with zero attached hydrogens (tertiary/aromatic N) is 1. The molecule has 1 heterocycles. The molecule has 0 radical (unpaired) electrons. The molecule has 3 heteroatoms. The Balaban J connectivity index is 1.64. The highest BCUT2D eigenvalue weighted by molar-refractivity contribution is 5.14. The van der Waals surface area contributed by atoms with Crippen molar-refractivity contribution < 1.29 is 4.74 Å². The fourth-order valence-corrected chi connectivity index (χ4v) is 2.96. The summed E-state index contributed by atoms with van der Waals surface area (Å²) in [4.78, 5) is 2.37. The minimum atomic E-state index is 0.254. The largest absolute Gasteiger partial charge is 0.381 e. The van der Waals surface area contributed by atoms with Crippen LogP contribution in [0.3, 0.4) is 0 Å². The van der Waals surface area contributed by atoms with Crippen molar-refractivity contribution in [2.75, 3.05) is 33.4 Å². The SMILES string of the molecule is CN(CC(N)CCc1ccccc1)CC1CCCOC1. The third-order valence-corrected chi connectivity index (χ3v) is 4.02. The van der Waals surface area contributed by atoms with Crippen molar-refractivity contribution in [1.82, 2.24) is 4.90 Å². The predicted octanol–water partition coefficient (Wildman–Crippen LogP) is 2.30. The first kappa shape index (κ1) is 15.5. The van der Waals surface area contributed by atoms with E-state index in [9.17, 15) is 0 Å². The van der Waals surface area contributed by atoms with Crippen LogP contribution in [-0.2, 0) is 11.2 Å². The minimum absolute atomic E-state index is 0.254. The van der Waals surface area contributed by atoms with Crippen molar-refractivity contribution in [3.63, 3.8) is 0 Å². The van der Waals surface area contributed by atoms with E-state index in [1.165, 1.54) is 18.4 Å². The zero-order chi connectivity index (χ0) is 14.2. The summed E-state index contributed by atoms with van der Waals surface area (Å²) in [7, 11) is 2.18. The van der Waals surface area contributed by atoms with Gasteiger partial charge in [0.25, 0.3) is 0 Å². The van der Waals surface area contributed by atoms with Gasteiger partial charge in [0.05, 0.1) is 6.61 Å². The van der Waals surface area contributed by atoms with Crippen LogP contribution in [0.25, 0.3) is 0 Å². The summed E-state index contributed by atoms with van der Waals surface area (Å²) in [6.07, 6.45) is 4.63. The topological polar surface area (TPSA) is 38.5 Å². The molecule has 0 spiro atoms. The Hall–Kier alpha value is -0.900. The molecule has 1 aliphatic rings. The van der Waals surface area contributed by atoms with E-state index in [2.05, 4.69) is 42.3 Å². The van der Waals surface area contributed by atoms with E-state index in [1.807, 2.05) is 0 Å². The van der Waals surface area contributed by atoms with E-state index >= 15 is 0 Å². The summed E-state index contributed by atoms with van der Waals surface area (Å²) in [6.45, 7) is 3.95. The van der Waals surface area contributed by atoms with Crippen LogP contribution in [0.1, 0.15) is 24.8 Å². The molecule has 1 aromatic carbocycles. The summed E-state index contributed by atoms with van der Waals surface area (Å²) in [5, 5.41) is 0. The van der Waals surface area contributed by atoms with Gasteiger partial charge in [-0.25, -0.2) is 0 Å². The molecule has 1 fully saturated rings. The molecule has 2 atom stereocenters. The number of ether oxygens (including phenoxy) is 1. The lowest BCUT2D eigenvalue weighted by molar-refractivity contribution is 0.0413. The monoisotopic (exact) mass is 276 g/mol. The second-order valence-corrected chi connectivity index (χ2v) is 6.09. The van der Waals surface area contributed by atoms with Gasteiger partial charge in [-0.05, 0) is 44.2 Å². The van der Waals surface area contributed by atoms with Crippen LogP contribution in [0.2, 0.25) is 0 Å². The van der Waals surface area contributed by atoms with Gasteiger partial charge in [0.15, 0.2) is 0 Å². The summed E-state index contributed by atoms with van der Waals surface area (Å²) >= 11 is 0. The predicted molar refractivity (Wildman–Crippen MR) is 83.8 cm³/mol. The molecule has 2 N–H and O–H groups in total. The maximum atomic E-state index is 6.25. The highest BCUT2D eigenvalue weighted by Gasteiger charge is 2.17. The maximum Gasteiger partial charge on any atom is 0.0506 e. The van der Waals surface area contributed by atoms with Crippen LogP contribution in [0, 0.1) is 5.92 Å². The van der Waals surface area contributed by atoms with Crippen molar-refractivity contribution in [3.05, 3.63) is 35.9 Å². The summed E-state index contributed by atoms with van der Waals surface area (Å²) < 4.78 is 5.54. The number of likely N-dealkylation sites (N-methyl/N-ethyl adjacent to an activating group) is 1. The van der Waals surface area contributed by atoms with Gasteiger partial charge in [-0.3, -0.25) is 0 Å². The van der Waals surface area contributed by atoms with Gasteiger partial charge < -0.3 is 15.4 Å². The number of nitrogens with two attached hydrogens (primary N) is 1. The van der Waals surface area contributed by atoms with Crippen LogP contribution < -0.4 is 5.73 Å². The molecule has 0 saturated carbocycles. The molecule has 1 aliphatic heterocycles. The number of rotatable bonds is 7. The molecule has 0 aliphatic carbocycles. The lowest BCUT2D eigenvalue weighted by Crippen LogP contribution is -2.39. The standard InChI is InChI=1S/C17H28N2O/c1-19(12-16-8-5-11-20-14-16)13-17(18)10-9-15-6-3-2-4-7-15/h2-4,6-7,16-17H,5,8-14,18H2,1H3. The molecule has 20 heavy (non-hydrogen) atoms. The van der Waals surface area contributed by atoms with Crippen LogP contribution in [0.4, 0.5) is 0 Å². The lowest BCUT2D eigenvalue weighted by atomic mass is 10.0. The minimum Gasteiger partial charge on any atom is -0.381 e. The third-order valence-electron chi connectivity index (χ3n) is 4.02. The molecule has 1 aromatic rings. The molecular weight excluding hydrogens is 248 g/mol.